The summed E-state index contributed by atoms with van der Waals surface area (Å²) in [6.45, 7) is 0. The lowest BCUT2D eigenvalue weighted by Crippen LogP contribution is -2.12. The van der Waals surface area contributed by atoms with E-state index >= 15 is 0 Å². The smallest absolute Gasteiger partial charge is 0.335 e. The molecule has 1 aromatic heterocycles. The number of carboxylic acid groups (broad SMARTS) is 1. The number of nitrogens with one attached hydrogen (secondary N) is 1. The summed E-state index contributed by atoms with van der Waals surface area (Å²) in [5.41, 5.74) is 1.51. The number of hydrogen-bond donors (Lipinski definition) is 2. The number of aromatic carboxylic acids is 1. The van der Waals surface area contributed by atoms with Crippen molar-refractivity contribution in [1.29, 1.82) is 0 Å². The highest BCUT2D eigenvalue weighted by molar-refractivity contribution is 7.14. The van der Waals surface area contributed by atoms with Crippen LogP contribution < -0.4 is 14.8 Å². The van der Waals surface area contributed by atoms with Gasteiger partial charge in [-0.25, -0.2) is 4.79 Å². The second-order valence-corrected chi connectivity index (χ2v) is 6.57. The first-order valence-corrected chi connectivity index (χ1v) is 8.27. The van der Waals surface area contributed by atoms with E-state index in [9.17, 15) is 14.7 Å². The van der Waals surface area contributed by atoms with Crippen molar-refractivity contribution in [3.8, 4) is 11.5 Å². The predicted octanol–water partition coefficient (Wildman–Crippen LogP) is 3.20. The molecule has 0 fully saturated rings. The fourth-order valence-electron chi connectivity index (χ4n) is 2.81. The number of fused-ring (bicyclic) bond motifs is 1. The number of carbonyl (C=O) groups is 2. The number of rotatable bonds is 5. The molecule has 1 aromatic carbocycles. The maximum absolute atomic E-state index is 12.5. The molecule has 1 aliphatic rings. The van der Waals surface area contributed by atoms with Crippen LogP contribution in [0.25, 0.3) is 0 Å². The van der Waals surface area contributed by atoms with Gasteiger partial charge in [-0.15, -0.1) is 11.3 Å². The molecule has 0 bridgehead atoms. The van der Waals surface area contributed by atoms with Crippen molar-refractivity contribution in [2.45, 2.75) is 19.3 Å². The summed E-state index contributed by atoms with van der Waals surface area (Å²) >= 11 is 1.48. The molecule has 7 heteroatoms. The Hall–Kier alpha value is -2.54. The normalized spacial score (nSPS) is 12.6. The van der Waals surface area contributed by atoms with Crippen LogP contribution in [0.5, 0.6) is 11.5 Å². The highest BCUT2D eigenvalue weighted by Gasteiger charge is 2.21. The van der Waals surface area contributed by atoms with Crippen LogP contribution in [0.4, 0.5) is 5.69 Å². The number of hydrogen-bond acceptors (Lipinski definition) is 5. The molecule has 0 saturated heterocycles. The summed E-state index contributed by atoms with van der Waals surface area (Å²) in [6, 6.07) is 4.63. The molecular weight excluding hydrogens is 330 g/mol. The van der Waals surface area contributed by atoms with Gasteiger partial charge in [0.2, 0.25) is 0 Å². The van der Waals surface area contributed by atoms with E-state index in [0.29, 0.717) is 10.6 Å². The fraction of sp³-hybridized carbons (Fsp3) is 0.294. The van der Waals surface area contributed by atoms with Gasteiger partial charge < -0.3 is 19.9 Å². The van der Waals surface area contributed by atoms with E-state index < -0.39 is 5.97 Å². The summed E-state index contributed by atoms with van der Waals surface area (Å²) in [4.78, 5) is 25.7. The molecule has 2 aromatic rings. The van der Waals surface area contributed by atoms with E-state index in [1.807, 2.05) is 6.07 Å². The van der Waals surface area contributed by atoms with Crippen LogP contribution in [-0.4, -0.2) is 31.2 Å². The van der Waals surface area contributed by atoms with Gasteiger partial charge in [-0.2, -0.15) is 0 Å². The Bertz CT molecular complexity index is 790. The number of methoxy groups -OCH3 is 2. The average molecular weight is 347 g/mol. The molecular formula is C17H17NO5S. The lowest BCUT2D eigenvalue weighted by atomic mass is 10.1. The zero-order valence-corrected chi connectivity index (χ0v) is 14.2. The molecule has 2 N–H and O–H groups in total. The first-order chi connectivity index (χ1) is 11.5. The third kappa shape index (κ3) is 2.94. The van der Waals surface area contributed by atoms with Crippen LogP contribution in [0.15, 0.2) is 18.2 Å². The number of anilines is 1. The quantitative estimate of drug-likeness (QED) is 0.867. The molecule has 0 spiro atoms. The Kier molecular flexibility index (Phi) is 4.44. The van der Waals surface area contributed by atoms with Crippen LogP contribution >= 0.6 is 11.3 Å². The van der Waals surface area contributed by atoms with Gasteiger partial charge in [-0.1, -0.05) is 0 Å². The van der Waals surface area contributed by atoms with Crippen molar-refractivity contribution >= 4 is 28.9 Å². The number of aryl methyl sites for hydroxylation is 2. The topological polar surface area (TPSA) is 84.9 Å². The van der Waals surface area contributed by atoms with Gasteiger partial charge in [0, 0.05) is 4.88 Å². The van der Waals surface area contributed by atoms with Crippen molar-refractivity contribution in [2.75, 3.05) is 19.5 Å². The Morgan fingerprint density at radius 2 is 1.96 bits per heavy atom. The number of thiophene rings is 1. The van der Waals surface area contributed by atoms with E-state index in [-0.39, 0.29) is 22.9 Å². The molecule has 24 heavy (non-hydrogen) atoms. The van der Waals surface area contributed by atoms with Gasteiger partial charge in [0.05, 0.1) is 30.3 Å². The molecule has 1 aliphatic carbocycles. The molecule has 0 unspecified atom stereocenters. The third-order valence-electron chi connectivity index (χ3n) is 3.94. The van der Waals surface area contributed by atoms with Crippen LogP contribution in [0.3, 0.4) is 0 Å². The number of ether oxygens (including phenoxy) is 2. The standard InChI is InChI=1S/C17H17NO5S/c1-22-12-7-10(17(20)21)6-11(15(12)23-2)18-16(19)14-8-9-4-3-5-13(9)24-14/h6-8H,3-5H2,1-2H3,(H,18,19)(H,20,21). The van der Waals surface area contributed by atoms with Gasteiger partial charge in [0.25, 0.3) is 5.91 Å². The minimum absolute atomic E-state index is 0.0108. The Morgan fingerprint density at radius 3 is 2.58 bits per heavy atom. The molecule has 126 valence electrons. The summed E-state index contributed by atoms with van der Waals surface area (Å²) in [5, 5.41) is 12.0. The maximum Gasteiger partial charge on any atom is 0.335 e. The van der Waals surface area contributed by atoms with Gasteiger partial charge in [0.15, 0.2) is 11.5 Å². The number of amides is 1. The zero-order chi connectivity index (χ0) is 17.3. The lowest BCUT2D eigenvalue weighted by Gasteiger charge is -2.14. The first-order valence-electron chi connectivity index (χ1n) is 7.45. The largest absolute Gasteiger partial charge is 0.493 e. The summed E-state index contributed by atoms with van der Waals surface area (Å²) in [6.07, 6.45) is 3.15. The Morgan fingerprint density at radius 1 is 1.17 bits per heavy atom. The molecule has 1 heterocycles. The molecule has 0 aliphatic heterocycles. The highest BCUT2D eigenvalue weighted by atomic mass is 32.1. The van der Waals surface area contributed by atoms with E-state index in [1.165, 1.54) is 48.1 Å². The third-order valence-corrected chi connectivity index (χ3v) is 5.18. The van der Waals surface area contributed by atoms with Crippen molar-refractivity contribution < 1.29 is 24.2 Å². The number of carbonyl (C=O) groups excluding carboxylic acids is 1. The van der Waals surface area contributed by atoms with Crippen molar-refractivity contribution in [3.63, 3.8) is 0 Å². The summed E-state index contributed by atoms with van der Waals surface area (Å²) < 4.78 is 10.4. The van der Waals surface area contributed by atoms with Crippen molar-refractivity contribution in [1.82, 2.24) is 0 Å². The van der Waals surface area contributed by atoms with E-state index in [2.05, 4.69) is 5.32 Å². The predicted molar refractivity (Wildman–Crippen MR) is 90.8 cm³/mol. The van der Waals surface area contributed by atoms with Gasteiger partial charge >= 0.3 is 5.97 Å². The van der Waals surface area contributed by atoms with Crippen molar-refractivity contribution in [2.24, 2.45) is 0 Å². The Labute approximate surface area is 143 Å². The molecule has 0 saturated carbocycles. The monoisotopic (exact) mass is 347 g/mol. The minimum Gasteiger partial charge on any atom is -0.493 e. The maximum atomic E-state index is 12.5. The second kappa shape index (κ2) is 6.52. The van der Waals surface area contributed by atoms with Gasteiger partial charge in [0.1, 0.15) is 0 Å². The zero-order valence-electron chi connectivity index (χ0n) is 13.3. The Balaban J connectivity index is 1.93. The van der Waals surface area contributed by atoms with Crippen molar-refractivity contribution in [3.05, 3.63) is 39.1 Å². The first kappa shape index (κ1) is 16.3. The molecule has 3 rings (SSSR count). The lowest BCUT2D eigenvalue weighted by molar-refractivity contribution is 0.0696. The molecule has 0 atom stereocenters. The SMILES string of the molecule is COc1cc(C(=O)O)cc(NC(=O)c2cc3c(s2)CCC3)c1OC. The minimum atomic E-state index is -1.11. The molecule has 6 nitrogen and oxygen atoms in total. The highest BCUT2D eigenvalue weighted by Crippen LogP contribution is 2.37. The summed E-state index contributed by atoms with van der Waals surface area (Å²) in [5.74, 6) is -0.847. The van der Waals surface area contributed by atoms with Gasteiger partial charge in [-0.3, -0.25) is 4.79 Å². The molecule has 0 radical (unpaired) electrons. The fourth-order valence-corrected chi connectivity index (χ4v) is 3.95. The van der Waals surface area contributed by atoms with Crippen LogP contribution in [0, 0.1) is 0 Å². The second-order valence-electron chi connectivity index (χ2n) is 5.43. The van der Waals surface area contributed by atoms with E-state index in [4.69, 9.17) is 9.47 Å². The van der Waals surface area contributed by atoms with E-state index in [1.54, 1.807) is 0 Å². The van der Waals surface area contributed by atoms with Crippen LogP contribution in [0.1, 0.15) is 36.9 Å². The number of carboxylic acids is 1. The molecule has 1 amide bonds. The average Bonchev–Trinajstić information content (AvgIpc) is 3.15. The number of benzene rings is 1. The van der Waals surface area contributed by atoms with E-state index in [0.717, 1.165) is 19.3 Å². The van der Waals surface area contributed by atoms with Gasteiger partial charge in [-0.05, 0) is 43.0 Å². The summed E-state index contributed by atoms with van der Waals surface area (Å²) in [7, 11) is 2.85. The van der Waals surface area contributed by atoms with Crippen LogP contribution in [0.2, 0.25) is 0 Å². The van der Waals surface area contributed by atoms with Crippen LogP contribution in [-0.2, 0) is 12.8 Å².